The topological polar surface area (TPSA) is 123 Å². The van der Waals surface area contributed by atoms with E-state index in [4.69, 9.17) is 4.74 Å². The Morgan fingerprint density at radius 3 is 2.41 bits per heavy atom. The minimum atomic E-state index is -0.601. The Labute approximate surface area is 166 Å². The number of methoxy groups -OCH3 is 1. The highest BCUT2D eigenvalue weighted by Crippen LogP contribution is 2.34. The van der Waals surface area contributed by atoms with Gasteiger partial charge in [0, 0.05) is 18.3 Å². The van der Waals surface area contributed by atoms with Gasteiger partial charge in [-0.25, -0.2) is 9.97 Å². The number of benzene rings is 2. The van der Waals surface area contributed by atoms with Gasteiger partial charge in [0.05, 0.1) is 12.0 Å². The van der Waals surface area contributed by atoms with Crippen molar-refractivity contribution in [2.45, 2.75) is 0 Å². The highest BCUT2D eigenvalue weighted by atomic mass is 16.6. The molecule has 3 rings (SSSR count). The molecule has 0 atom stereocenters. The number of carbonyl (C=O) groups is 1. The molecule has 2 N–H and O–H groups in total. The first kappa shape index (κ1) is 19.5. The maximum Gasteiger partial charge on any atom is 0.355 e. The first-order chi connectivity index (χ1) is 14.0. The Balaban J connectivity index is 1.83. The van der Waals surface area contributed by atoms with E-state index in [0.29, 0.717) is 17.0 Å². The summed E-state index contributed by atoms with van der Waals surface area (Å²) in [4.78, 5) is 32.9. The van der Waals surface area contributed by atoms with Crippen LogP contribution in [0.15, 0.2) is 60.9 Å². The Bertz CT molecular complexity index is 1010. The standard InChI is InChI=1S/C19H18N6O4/c1-24(14-6-4-3-5-7-14)18-16(25(27)28)17(20-12-21-18)22-23-19(26)13-8-10-15(29-2)11-9-13/h3-12H,1-2H3,(H,23,26)(H,20,21,22). The number of hydrazine groups is 1. The molecule has 10 nitrogen and oxygen atoms in total. The van der Waals surface area contributed by atoms with Crippen molar-refractivity contribution < 1.29 is 14.5 Å². The number of para-hydroxylation sites is 1. The third-order valence-corrected chi connectivity index (χ3v) is 4.09. The van der Waals surface area contributed by atoms with E-state index in [0.717, 1.165) is 0 Å². The molecule has 0 aliphatic rings. The lowest BCUT2D eigenvalue weighted by Crippen LogP contribution is -2.30. The van der Waals surface area contributed by atoms with E-state index >= 15 is 0 Å². The van der Waals surface area contributed by atoms with Crippen LogP contribution in [0.25, 0.3) is 0 Å². The maximum absolute atomic E-state index is 12.3. The van der Waals surface area contributed by atoms with E-state index in [1.807, 2.05) is 18.2 Å². The smallest absolute Gasteiger partial charge is 0.355 e. The third-order valence-electron chi connectivity index (χ3n) is 4.09. The molecule has 3 aromatic rings. The van der Waals surface area contributed by atoms with Crippen LogP contribution in [0.2, 0.25) is 0 Å². The second-order valence-electron chi connectivity index (χ2n) is 5.85. The van der Waals surface area contributed by atoms with Gasteiger partial charge >= 0.3 is 5.69 Å². The van der Waals surface area contributed by atoms with E-state index < -0.39 is 10.8 Å². The summed E-state index contributed by atoms with van der Waals surface area (Å²) >= 11 is 0. The number of aromatic nitrogens is 2. The summed E-state index contributed by atoms with van der Waals surface area (Å²) in [6, 6.07) is 15.5. The lowest BCUT2D eigenvalue weighted by Gasteiger charge is -2.19. The SMILES string of the molecule is COc1ccc(C(=O)NNc2ncnc(N(C)c3ccccc3)c2[N+](=O)[O-])cc1. The fourth-order valence-electron chi connectivity index (χ4n) is 2.58. The van der Waals surface area contributed by atoms with Crippen molar-refractivity contribution in [3.63, 3.8) is 0 Å². The minimum Gasteiger partial charge on any atom is -0.497 e. The molecule has 29 heavy (non-hydrogen) atoms. The van der Waals surface area contributed by atoms with Gasteiger partial charge < -0.3 is 9.64 Å². The molecule has 0 aliphatic heterocycles. The van der Waals surface area contributed by atoms with Crippen LogP contribution in [0, 0.1) is 10.1 Å². The predicted octanol–water partition coefficient (Wildman–Crippen LogP) is 2.92. The largest absolute Gasteiger partial charge is 0.497 e. The van der Waals surface area contributed by atoms with Crippen molar-refractivity contribution in [2.75, 3.05) is 24.5 Å². The molecule has 0 saturated heterocycles. The number of nitrogens with one attached hydrogen (secondary N) is 2. The van der Waals surface area contributed by atoms with Crippen LogP contribution in [-0.2, 0) is 0 Å². The fraction of sp³-hybridized carbons (Fsp3) is 0.105. The van der Waals surface area contributed by atoms with Crippen LogP contribution in [0.1, 0.15) is 10.4 Å². The van der Waals surface area contributed by atoms with Crippen molar-refractivity contribution in [1.82, 2.24) is 15.4 Å². The number of rotatable bonds is 7. The first-order valence-corrected chi connectivity index (χ1v) is 8.50. The second-order valence-corrected chi connectivity index (χ2v) is 5.85. The molecular formula is C19H18N6O4. The van der Waals surface area contributed by atoms with E-state index in [2.05, 4.69) is 20.8 Å². The molecule has 0 saturated carbocycles. The zero-order chi connectivity index (χ0) is 20.8. The van der Waals surface area contributed by atoms with Crippen molar-refractivity contribution in [2.24, 2.45) is 0 Å². The van der Waals surface area contributed by atoms with E-state index in [-0.39, 0.29) is 17.3 Å². The van der Waals surface area contributed by atoms with Crippen molar-refractivity contribution in [1.29, 1.82) is 0 Å². The summed E-state index contributed by atoms with van der Waals surface area (Å²) in [5.74, 6) is 0.0649. The summed E-state index contributed by atoms with van der Waals surface area (Å²) in [6.45, 7) is 0. The number of ether oxygens (including phenoxy) is 1. The Hall–Kier alpha value is -4.21. The fourth-order valence-corrected chi connectivity index (χ4v) is 2.58. The average Bonchev–Trinajstić information content (AvgIpc) is 2.77. The molecule has 2 aromatic carbocycles. The molecule has 0 fully saturated rings. The molecule has 0 aliphatic carbocycles. The van der Waals surface area contributed by atoms with Crippen LogP contribution >= 0.6 is 0 Å². The zero-order valence-corrected chi connectivity index (χ0v) is 15.7. The summed E-state index contributed by atoms with van der Waals surface area (Å²) < 4.78 is 5.05. The van der Waals surface area contributed by atoms with Gasteiger partial charge in [-0.1, -0.05) is 18.2 Å². The number of hydrogen-bond acceptors (Lipinski definition) is 8. The highest BCUT2D eigenvalue weighted by Gasteiger charge is 2.26. The second kappa shape index (κ2) is 8.65. The van der Waals surface area contributed by atoms with Gasteiger partial charge in [-0.3, -0.25) is 25.8 Å². The van der Waals surface area contributed by atoms with Gasteiger partial charge in [0.2, 0.25) is 11.6 Å². The normalized spacial score (nSPS) is 10.1. The van der Waals surface area contributed by atoms with Crippen molar-refractivity contribution in [3.8, 4) is 5.75 Å². The van der Waals surface area contributed by atoms with Gasteiger partial charge in [0.25, 0.3) is 5.91 Å². The van der Waals surface area contributed by atoms with E-state index in [1.165, 1.54) is 13.4 Å². The molecule has 0 bridgehead atoms. The highest BCUT2D eigenvalue weighted by molar-refractivity contribution is 5.95. The molecule has 0 radical (unpaired) electrons. The van der Waals surface area contributed by atoms with Gasteiger partial charge in [0.15, 0.2) is 0 Å². The first-order valence-electron chi connectivity index (χ1n) is 8.50. The third kappa shape index (κ3) is 4.38. The Morgan fingerprint density at radius 2 is 1.79 bits per heavy atom. The van der Waals surface area contributed by atoms with Gasteiger partial charge in [-0.2, -0.15) is 0 Å². The zero-order valence-electron chi connectivity index (χ0n) is 15.7. The molecule has 148 valence electrons. The molecule has 10 heteroatoms. The quantitative estimate of drug-likeness (QED) is 0.463. The Morgan fingerprint density at radius 1 is 1.10 bits per heavy atom. The maximum atomic E-state index is 12.3. The van der Waals surface area contributed by atoms with Crippen LogP contribution in [-0.4, -0.2) is 35.0 Å². The molecule has 0 spiro atoms. The molecule has 1 aromatic heterocycles. The van der Waals surface area contributed by atoms with Gasteiger partial charge in [-0.05, 0) is 36.4 Å². The van der Waals surface area contributed by atoms with Gasteiger partial charge in [-0.15, -0.1) is 0 Å². The predicted molar refractivity (Wildman–Crippen MR) is 107 cm³/mol. The van der Waals surface area contributed by atoms with Crippen LogP contribution in [0.5, 0.6) is 5.75 Å². The van der Waals surface area contributed by atoms with Gasteiger partial charge in [0.1, 0.15) is 12.1 Å². The average molecular weight is 394 g/mol. The number of nitro groups is 1. The van der Waals surface area contributed by atoms with Crippen LogP contribution in [0.4, 0.5) is 23.0 Å². The molecule has 0 unspecified atom stereocenters. The molecular weight excluding hydrogens is 376 g/mol. The lowest BCUT2D eigenvalue weighted by atomic mass is 10.2. The number of nitrogens with zero attached hydrogens (tertiary/aromatic N) is 4. The summed E-state index contributed by atoms with van der Waals surface area (Å²) in [5, 5.41) is 11.7. The Kier molecular flexibility index (Phi) is 5.83. The lowest BCUT2D eigenvalue weighted by molar-refractivity contribution is -0.383. The summed E-state index contributed by atoms with van der Waals surface area (Å²) in [5.41, 5.74) is 5.62. The summed E-state index contributed by atoms with van der Waals surface area (Å²) in [6.07, 6.45) is 1.18. The van der Waals surface area contributed by atoms with E-state index in [1.54, 1.807) is 48.3 Å². The monoisotopic (exact) mass is 394 g/mol. The van der Waals surface area contributed by atoms with Crippen LogP contribution < -0.4 is 20.5 Å². The summed E-state index contributed by atoms with van der Waals surface area (Å²) in [7, 11) is 3.18. The molecule has 1 amide bonds. The number of anilines is 3. The number of amides is 1. The van der Waals surface area contributed by atoms with Crippen molar-refractivity contribution >= 4 is 28.9 Å². The van der Waals surface area contributed by atoms with E-state index in [9.17, 15) is 14.9 Å². The van der Waals surface area contributed by atoms with Crippen LogP contribution in [0.3, 0.4) is 0 Å². The number of carbonyl (C=O) groups excluding carboxylic acids is 1. The number of hydrogen-bond donors (Lipinski definition) is 2. The van der Waals surface area contributed by atoms with Crippen molar-refractivity contribution in [3.05, 3.63) is 76.6 Å². The minimum absolute atomic E-state index is 0.0809. The molecule has 1 heterocycles.